The first-order chi connectivity index (χ1) is 12.9. The van der Waals surface area contributed by atoms with Crippen molar-refractivity contribution < 1.29 is 18.3 Å². The second-order valence-electron chi connectivity index (χ2n) is 7.42. The van der Waals surface area contributed by atoms with Crippen molar-refractivity contribution in [1.82, 2.24) is 14.5 Å². The number of carbonyl (C=O) groups excluding carboxylic acids is 1. The number of esters is 1. The molecule has 1 aliphatic rings. The summed E-state index contributed by atoms with van der Waals surface area (Å²) in [6.45, 7) is 3.80. The topological polar surface area (TPSA) is 47.4 Å². The van der Waals surface area contributed by atoms with Crippen LogP contribution in [0.2, 0.25) is 0 Å². The van der Waals surface area contributed by atoms with Crippen LogP contribution in [0.1, 0.15) is 49.9 Å². The fourth-order valence-electron chi connectivity index (χ4n) is 4.01. The maximum absolute atomic E-state index is 12.9. The first-order valence-electron chi connectivity index (χ1n) is 9.55. The third-order valence-corrected chi connectivity index (χ3v) is 5.49. The number of hydrogen-bond acceptors (Lipinski definition) is 4. The summed E-state index contributed by atoms with van der Waals surface area (Å²) in [7, 11) is 2.12. The molecule has 3 heterocycles. The highest BCUT2D eigenvalue weighted by Gasteiger charge is 2.33. The lowest BCUT2D eigenvalue weighted by molar-refractivity contribution is -0.0144. The van der Waals surface area contributed by atoms with Crippen molar-refractivity contribution >= 4 is 17.0 Å². The van der Waals surface area contributed by atoms with Crippen molar-refractivity contribution in [3.63, 3.8) is 0 Å². The molecule has 5 nitrogen and oxygen atoms in total. The Hall–Kier alpha value is -2.02. The largest absolute Gasteiger partial charge is 0.459 e. The van der Waals surface area contributed by atoms with E-state index in [1.165, 1.54) is 17.0 Å². The molecule has 148 valence electrons. The van der Waals surface area contributed by atoms with E-state index in [1.54, 1.807) is 12.1 Å². The van der Waals surface area contributed by atoms with Crippen molar-refractivity contribution in [1.29, 1.82) is 0 Å². The van der Waals surface area contributed by atoms with Crippen LogP contribution >= 0.6 is 0 Å². The Bertz CT molecular complexity index is 793. The molecule has 0 radical (unpaired) electrons. The van der Waals surface area contributed by atoms with Crippen LogP contribution in [0.3, 0.4) is 0 Å². The van der Waals surface area contributed by atoms with Crippen LogP contribution in [0, 0.1) is 0 Å². The molecule has 0 amide bonds. The van der Waals surface area contributed by atoms with Gasteiger partial charge in [-0.3, -0.25) is 0 Å². The number of aromatic nitrogens is 2. The molecule has 0 aromatic carbocycles. The molecule has 1 fully saturated rings. The monoisotopic (exact) mass is 379 g/mol. The second-order valence-corrected chi connectivity index (χ2v) is 7.42. The van der Waals surface area contributed by atoms with Crippen molar-refractivity contribution in [3.05, 3.63) is 30.1 Å². The van der Waals surface area contributed by atoms with Gasteiger partial charge in [-0.25, -0.2) is 18.6 Å². The zero-order valence-corrected chi connectivity index (χ0v) is 16.1. The number of pyridine rings is 1. The lowest BCUT2D eigenvalue weighted by Crippen LogP contribution is -2.48. The fourth-order valence-corrected chi connectivity index (χ4v) is 4.01. The number of halogens is 2. The third-order valence-electron chi connectivity index (χ3n) is 5.49. The summed E-state index contributed by atoms with van der Waals surface area (Å²) >= 11 is 0. The summed E-state index contributed by atoms with van der Waals surface area (Å²) in [5.41, 5.74) is 0.683. The molecular weight excluding hydrogens is 352 g/mol. The quantitative estimate of drug-likeness (QED) is 0.709. The van der Waals surface area contributed by atoms with Gasteiger partial charge >= 0.3 is 5.97 Å². The number of ether oxygens (including phenoxy) is 1. The number of likely N-dealkylation sites (tertiary alicyclic amines) is 1. The van der Waals surface area contributed by atoms with Crippen molar-refractivity contribution in [2.45, 2.75) is 70.7 Å². The average molecular weight is 379 g/mol. The SMILES string of the molecule is CCCC1CC(OC(=O)c2cn(CC(F)F)c3ncccc23)CC(C)N1C. The summed E-state index contributed by atoms with van der Waals surface area (Å²) in [6, 6.07) is 4.13. The van der Waals surface area contributed by atoms with E-state index in [9.17, 15) is 13.6 Å². The summed E-state index contributed by atoms with van der Waals surface area (Å²) in [5, 5.41) is 0.550. The molecule has 0 spiro atoms. The minimum Gasteiger partial charge on any atom is -0.459 e. The van der Waals surface area contributed by atoms with Crippen LogP contribution in [-0.4, -0.2) is 52.1 Å². The zero-order chi connectivity index (χ0) is 19.6. The van der Waals surface area contributed by atoms with Crippen molar-refractivity contribution in [3.8, 4) is 0 Å². The molecule has 2 aromatic rings. The Labute approximate surface area is 158 Å². The lowest BCUT2D eigenvalue weighted by atomic mass is 9.92. The third kappa shape index (κ3) is 4.29. The minimum absolute atomic E-state index is 0.162. The van der Waals surface area contributed by atoms with Gasteiger partial charge in [-0.2, -0.15) is 0 Å². The first kappa shape index (κ1) is 19.7. The number of piperidine rings is 1. The highest BCUT2D eigenvalue weighted by Crippen LogP contribution is 2.28. The number of alkyl halides is 2. The lowest BCUT2D eigenvalue weighted by Gasteiger charge is -2.41. The van der Waals surface area contributed by atoms with Crippen molar-refractivity contribution in [2.24, 2.45) is 0 Å². The molecule has 3 rings (SSSR count). The van der Waals surface area contributed by atoms with Gasteiger partial charge in [0.1, 0.15) is 11.8 Å². The van der Waals surface area contributed by atoms with Crippen LogP contribution in [0.25, 0.3) is 11.0 Å². The van der Waals surface area contributed by atoms with Gasteiger partial charge in [0.05, 0.1) is 12.1 Å². The summed E-state index contributed by atoms with van der Waals surface area (Å²) in [5.74, 6) is -0.460. The van der Waals surface area contributed by atoms with E-state index >= 15 is 0 Å². The Morgan fingerprint density at radius 2 is 2.19 bits per heavy atom. The smallest absolute Gasteiger partial charge is 0.340 e. The standard InChI is InChI=1S/C20H27F2N3O2/c1-4-6-14-10-15(9-13(2)24(14)3)27-20(26)17-11-25(12-18(21)22)19-16(17)7-5-8-23-19/h5,7-8,11,13-15,18H,4,6,9-10,12H2,1-3H3. The van der Waals surface area contributed by atoms with Crippen LogP contribution in [0.15, 0.2) is 24.5 Å². The molecular formula is C20H27F2N3O2. The van der Waals surface area contributed by atoms with Crippen LogP contribution in [0.5, 0.6) is 0 Å². The number of fused-ring (bicyclic) bond motifs is 1. The van der Waals surface area contributed by atoms with E-state index in [4.69, 9.17) is 4.74 Å². The predicted molar refractivity (Wildman–Crippen MR) is 100 cm³/mol. The number of nitrogens with zero attached hydrogens (tertiary/aromatic N) is 3. The van der Waals surface area contributed by atoms with E-state index in [-0.39, 0.29) is 6.10 Å². The van der Waals surface area contributed by atoms with E-state index < -0.39 is 18.9 Å². The fraction of sp³-hybridized carbons (Fsp3) is 0.600. The summed E-state index contributed by atoms with van der Waals surface area (Å²) in [4.78, 5) is 19.3. The van der Waals surface area contributed by atoms with Gasteiger partial charge in [-0.1, -0.05) is 13.3 Å². The number of carbonyl (C=O) groups is 1. The zero-order valence-electron chi connectivity index (χ0n) is 16.1. The summed E-state index contributed by atoms with van der Waals surface area (Å²) < 4.78 is 32.8. The molecule has 0 saturated carbocycles. The molecule has 2 aromatic heterocycles. The summed E-state index contributed by atoms with van der Waals surface area (Å²) in [6.07, 6.45) is 4.01. The Morgan fingerprint density at radius 1 is 1.41 bits per heavy atom. The van der Waals surface area contributed by atoms with Gasteiger partial charge in [0, 0.05) is 36.3 Å². The molecule has 3 atom stereocenters. The molecule has 27 heavy (non-hydrogen) atoms. The van der Waals surface area contributed by atoms with E-state index in [0.29, 0.717) is 28.7 Å². The van der Waals surface area contributed by atoms with Gasteiger partial charge in [-0.15, -0.1) is 0 Å². The number of hydrogen-bond donors (Lipinski definition) is 0. The van der Waals surface area contributed by atoms with Gasteiger partial charge in [-0.05, 0) is 38.9 Å². The van der Waals surface area contributed by atoms with Crippen LogP contribution < -0.4 is 0 Å². The minimum atomic E-state index is -2.52. The maximum atomic E-state index is 12.9. The molecule has 1 saturated heterocycles. The Morgan fingerprint density at radius 3 is 2.89 bits per heavy atom. The van der Waals surface area contributed by atoms with Gasteiger partial charge in [0.2, 0.25) is 0 Å². The molecule has 1 aliphatic heterocycles. The number of rotatable bonds is 6. The van der Waals surface area contributed by atoms with Gasteiger partial charge in [0.25, 0.3) is 6.43 Å². The molecule has 7 heteroatoms. The Kier molecular flexibility index (Phi) is 6.09. The van der Waals surface area contributed by atoms with Gasteiger partial charge < -0.3 is 14.2 Å². The average Bonchev–Trinajstić information content (AvgIpc) is 2.98. The predicted octanol–water partition coefficient (Wildman–Crippen LogP) is 4.11. The van der Waals surface area contributed by atoms with Crippen LogP contribution in [-0.2, 0) is 11.3 Å². The molecule has 3 unspecified atom stereocenters. The van der Waals surface area contributed by atoms with E-state index in [2.05, 4.69) is 30.8 Å². The second kappa shape index (κ2) is 8.33. The molecule has 0 N–H and O–H groups in total. The normalized spacial score (nSPS) is 23.9. The highest BCUT2D eigenvalue weighted by molar-refractivity contribution is 6.03. The molecule has 0 aliphatic carbocycles. The first-order valence-corrected chi connectivity index (χ1v) is 9.55. The molecule has 0 bridgehead atoms. The maximum Gasteiger partial charge on any atom is 0.340 e. The van der Waals surface area contributed by atoms with Crippen LogP contribution in [0.4, 0.5) is 8.78 Å². The van der Waals surface area contributed by atoms with Gasteiger partial charge in [0.15, 0.2) is 0 Å². The Balaban J connectivity index is 1.80. The highest BCUT2D eigenvalue weighted by atomic mass is 19.3. The van der Waals surface area contributed by atoms with E-state index in [1.807, 2.05) is 0 Å². The van der Waals surface area contributed by atoms with E-state index in [0.717, 1.165) is 25.7 Å². The van der Waals surface area contributed by atoms with Crippen molar-refractivity contribution in [2.75, 3.05) is 7.05 Å².